The standard InChI is InChI=1S/C13H15BrO/c1-15-12-8-6-11(7-9-12)13(14)10-4-2-3-5-10/h6-9H,2-5H2,1H3. The molecule has 0 saturated heterocycles. The Morgan fingerprint density at radius 1 is 1.13 bits per heavy atom. The quantitative estimate of drug-likeness (QED) is 0.772. The number of hydrogen-bond donors (Lipinski definition) is 0. The second kappa shape index (κ2) is 4.84. The van der Waals surface area contributed by atoms with Crippen molar-refractivity contribution in [2.24, 2.45) is 0 Å². The van der Waals surface area contributed by atoms with E-state index in [9.17, 15) is 0 Å². The number of allylic oxidation sites excluding steroid dienone is 1. The molecule has 0 radical (unpaired) electrons. The van der Waals surface area contributed by atoms with Crippen LogP contribution >= 0.6 is 15.9 Å². The van der Waals surface area contributed by atoms with Gasteiger partial charge in [-0.2, -0.15) is 0 Å². The summed E-state index contributed by atoms with van der Waals surface area (Å²) in [6, 6.07) is 8.22. The second-order valence-electron chi connectivity index (χ2n) is 3.85. The fraction of sp³-hybridized carbons (Fsp3) is 0.385. The Balaban J connectivity index is 2.25. The minimum absolute atomic E-state index is 0.912. The zero-order valence-corrected chi connectivity index (χ0v) is 10.5. The predicted molar refractivity (Wildman–Crippen MR) is 67.3 cm³/mol. The molecule has 2 heteroatoms. The minimum Gasteiger partial charge on any atom is -0.497 e. The van der Waals surface area contributed by atoms with Gasteiger partial charge in [0.15, 0.2) is 0 Å². The fourth-order valence-electron chi connectivity index (χ4n) is 1.96. The summed E-state index contributed by atoms with van der Waals surface area (Å²) in [6.45, 7) is 0. The lowest BCUT2D eigenvalue weighted by atomic mass is 10.1. The van der Waals surface area contributed by atoms with Gasteiger partial charge >= 0.3 is 0 Å². The molecule has 0 atom stereocenters. The third kappa shape index (κ3) is 2.43. The van der Waals surface area contributed by atoms with Crippen LogP contribution in [0.4, 0.5) is 0 Å². The SMILES string of the molecule is COc1ccc(C(Br)=C2CCCC2)cc1. The van der Waals surface area contributed by atoms with Gasteiger partial charge < -0.3 is 4.74 Å². The number of benzene rings is 1. The highest BCUT2D eigenvalue weighted by molar-refractivity contribution is 9.15. The Hall–Kier alpha value is -0.760. The van der Waals surface area contributed by atoms with E-state index in [1.54, 1.807) is 12.7 Å². The fourth-order valence-corrected chi connectivity index (χ4v) is 2.62. The number of rotatable bonds is 2. The highest BCUT2D eigenvalue weighted by atomic mass is 79.9. The van der Waals surface area contributed by atoms with Crippen LogP contribution < -0.4 is 4.74 Å². The van der Waals surface area contributed by atoms with E-state index in [0.29, 0.717) is 0 Å². The van der Waals surface area contributed by atoms with E-state index in [0.717, 1.165) is 5.75 Å². The molecule has 0 amide bonds. The molecule has 0 aliphatic heterocycles. The molecule has 0 spiro atoms. The lowest BCUT2D eigenvalue weighted by Gasteiger charge is -2.05. The summed E-state index contributed by atoms with van der Waals surface area (Å²) in [5.74, 6) is 0.912. The zero-order valence-electron chi connectivity index (χ0n) is 8.92. The van der Waals surface area contributed by atoms with Gasteiger partial charge in [-0.05, 0) is 43.4 Å². The van der Waals surface area contributed by atoms with Crippen molar-refractivity contribution in [1.29, 1.82) is 0 Å². The Morgan fingerprint density at radius 2 is 1.73 bits per heavy atom. The largest absolute Gasteiger partial charge is 0.497 e. The normalized spacial score (nSPS) is 15.5. The van der Waals surface area contributed by atoms with Crippen LogP contribution in [0.3, 0.4) is 0 Å². The van der Waals surface area contributed by atoms with E-state index in [-0.39, 0.29) is 0 Å². The maximum Gasteiger partial charge on any atom is 0.118 e. The molecule has 0 aromatic heterocycles. The molecule has 1 nitrogen and oxygen atoms in total. The topological polar surface area (TPSA) is 9.23 Å². The smallest absolute Gasteiger partial charge is 0.118 e. The monoisotopic (exact) mass is 266 g/mol. The van der Waals surface area contributed by atoms with Gasteiger partial charge in [0.2, 0.25) is 0 Å². The molecule has 1 saturated carbocycles. The van der Waals surface area contributed by atoms with E-state index in [2.05, 4.69) is 28.1 Å². The Labute approximate surface area is 99.3 Å². The summed E-state index contributed by atoms with van der Waals surface area (Å²) in [7, 11) is 1.69. The van der Waals surface area contributed by atoms with Gasteiger partial charge in [0.05, 0.1) is 7.11 Å². The summed E-state index contributed by atoms with van der Waals surface area (Å²) in [5.41, 5.74) is 2.81. The van der Waals surface area contributed by atoms with Crippen molar-refractivity contribution in [3.63, 3.8) is 0 Å². The third-order valence-corrected chi connectivity index (χ3v) is 3.88. The van der Waals surface area contributed by atoms with Gasteiger partial charge in [0.1, 0.15) is 5.75 Å². The van der Waals surface area contributed by atoms with Gasteiger partial charge in [0, 0.05) is 4.48 Å². The van der Waals surface area contributed by atoms with E-state index >= 15 is 0 Å². The summed E-state index contributed by atoms with van der Waals surface area (Å²) in [5, 5.41) is 0. The molecule has 1 aromatic rings. The highest BCUT2D eigenvalue weighted by Crippen LogP contribution is 2.35. The van der Waals surface area contributed by atoms with Crippen molar-refractivity contribution < 1.29 is 4.74 Å². The first-order valence-electron chi connectivity index (χ1n) is 5.33. The van der Waals surface area contributed by atoms with Gasteiger partial charge in [0.25, 0.3) is 0 Å². The van der Waals surface area contributed by atoms with Crippen molar-refractivity contribution in [1.82, 2.24) is 0 Å². The van der Waals surface area contributed by atoms with Gasteiger partial charge in [-0.15, -0.1) is 0 Å². The van der Waals surface area contributed by atoms with Crippen LogP contribution in [0.2, 0.25) is 0 Å². The molecule has 1 aliphatic rings. The molecule has 0 heterocycles. The molecular formula is C13H15BrO. The van der Waals surface area contributed by atoms with E-state index in [1.165, 1.54) is 35.7 Å². The van der Waals surface area contributed by atoms with Crippen LogP contribution in [0, 0.1) is 0 Å². The van der Waals surface area contributed by atoms with Crippen LogP contribution in [-0.2, 0) is 0 Å². The van der Waals surface area contributed by atoms with E-state index in [4.69, 9.17) is 4.74 Å². The van der Waals surface area contributed by atoms with Crippen LogP contribution in [0.25, 0.3) is 4.48 Å². The molecular weight excluding hydrogens is 252 g/mol. The van der Waals surface area contributed by atoms with E-state index < -0.39 is 0 Å². The second-order valence-corrected chi connectivity index (χ2v) is 4.65. The molecule has 1 aliphatic carbocycles. The molecule has 80 valence electrons. The zero-order chi connectivity index (χ0) is 10.7. The van der Waals surface area contributed by atoms with Gasteiger partial charge in [-0.1, -0.05) is 33.6 Å². The van der Waals surface area contributed by atoms with Crippen molar-refractivity contribution in [2.45, 2.75) is 25.7 Å². The lowest BCUT2D eigenvalue weighted by molar-refractivity contribution is 0.415. The highest BCUT2D eigenvalue weighted by Gasteiger charge is 2.11. The summed E-state index contributed by atoms with van der Waals surface area (Å²) < 4.78 is 6.42. The Bertz CT molecular complexity index is 357. The molecule has 0 N–H and O–H groups in total. The summed E-state index contributed by atoms with van der Waals surface area (Å²) in [4.78, 5) is 0. The van der Waals surface area contributed by atoms with Gasteiger partial charge in [-0.3, -0.25) is 0 Å². The van der Waals surface area contributed by atoms with Crippen molar-refractivity contribution in [3.05, 3.63) is 35.4 Å². The molecule has 1 aromatic carbocycles. The number of ether oxygens (including phenoxy) is 1. The molecule has 2 rings (SSSR count). The van der Waals surface area contributed by atoms with Crippen molar-refractivity contribution >= 4 is 20.4 Å². The van der Waals surface area contributed by atoms with Crippen molar-refractivity contribution in [2.75, 3.05) is 7.11 Å². The molecule has 0 unspecified atom stereocenters. The number of hydrogen-bond acceptors (Lipinski definition) is 1. The number of methoxy groups -OCH3 is 1. The maximum atomic E-state index is 5.14. The van der Waals surface area contributed by atoms with Crippen LogP contribution in [0.15, 0.2) is 29.8 Å². The van der Waals surface area contributed by atoms with Crippen LogP contribution in [0.1, 0.15) is 31.2 Å². The van der Waals surface area contributed by atoms with Crippen LogP contribution in [-0.4, -0.2) is 7.11 Å². The number of halogens is 1. The first-order chi connectivity index (χ1) is 7.31. The minimum atomic E-state index is 0.912. The Morgan fingerprint density at radius 3 is 2.27 bits per heavy atom. The average Bonchev–Trinajstić information content (AvgIpc) is 2.82. The maximum absolute atomic E-state index is 5.14. The lowest BCUT2D eigenvalue weighted by Crippen LogP contribution is -1.85. The molecule has 0 bridgehead atoms. The predicted octanol–water partition coefficient (Wildman–Crippen LogP) is 4.38. The third-order valence-electron chi connectivity index (χ3n) is 2.86. The van der Waals surface area contributed by atoms with Crippen molar-refractivity contribution in [3.8, 4) is 5.75 Å². The van der Waals surface area contributed by atoms with Gasteiger partial charge in [-0.25, -0.2) is 0 Å². The first-order valence-corrected chi connectivity index (χ1v) is 6.12. The summed E-state index contributed by atoms with van der Waals surface area (Å²) in [6.07, 6.45) is 5.15. The molecule has 15 heavy (non-hydrogen) atoms. The van der Waals surface area contributed by atoms with E-state index in [1.807, 2.05) is 12.1 Å². The molecule has 1 fully saturated rings. The average molecular weight is 267 g/mol. The first kappa shape index (κ1) is 10.7. The summed E-state index contributed by atoms with van der Waals surface area (Å²) >= 11 is 3.70. The Kier molecular flexibility index (Phi) is 3.47. The van der Waals surface area contributed by atoms with Crippen LogP contribution in [0.5, 0.6) is 5.75 Å².